The van der Waals surface area contributed by atoms with Gasteiger partial charge in [-0.25, -0.2) is 9.48 Å². The van der Waals surface area contributed by atoms with Crippen molar-refractivity contribution in [3.63, 3.8) is 0 Å². The van der Waals surface area contributed by atoms with E-state index in [-0.39, 0.29) is 6.04 Å². The second kappa shape index (κ2) is 5.75. The van der Waals surface area contributed by atoms with E-state index in [9.17, 15) is 4.79 Å². The summed E-state index contributed by atoms with van der Waals surface area (Å²) >= 11 is 0. The average Bonchev–Trinajstić information content (AvgIpc) is 2.97. The van der Waals surface area contributed by atoms with E-state index in [0.717, 1.165) is 29.1 Å². The van der Waals surface area contributed by atoms with Gasteiger partial charge in [-0.1, -0.05) is 18.2 Å². The van der Waals surface area contributed by atoms with Gasteiger partial charge in [-0.3, -0.25) is 4.98 Å². The Morgan fingerprint density at radius 2 is 2.32 bits per heavy atom. The molecule has 0 saturated carbocycles. The van der Waals surface area contributed by atoms with Crippen LogP contribution in [-0.4, -0.2) is 42.6 Å². The SMILES string of the molecule is CCc1ncccc1C(C)n1nnc2c1CCN(C(=O)O)C2. The zero-order valence-corrected chi connectivity index (χ0v) is 12.7. The highest BCUT2D eigenvalue weighted by atomic mass is 16.4. The van der Waals surface area contributed by atoms with Crippen molar-refractivity contribution in [3.05, 3.63) is 41.0 Å². The van der Waals surface area contributed by atoms with Crippen molar-refractivity contribution in [3.8, 4) is 0 Å². The summed E-state index contributed by atoms with van der Waals surface area (Å²) in [6.45, 7) is 4.95. The van der Waals surface area contributed by atoms with Crippen LogP contribution in [0.5, 0.6) is 0 Å². The lowest BCUT2D eigenvalue weighted by Gasteiger charge is -2.25. The maximum atomic E-state index is 11.1. The smallest absolute Gasteiger partial charge is 0.407 e. The number of hydrogen-bond acceptors (Lipinski definition) is 4. The molecular weight excluding hydrogens is 282 g/mol. The highest BCUT2D eigenvalue weighted by Crippen LogP contribution is 2.25. The lowest BCUT2D eigenvalue weighted by Crippen LogP contribution is -2.35. The van der Waals surface area contributed by atoms with Gasteiger partial charge in [0.15, 0.2) is 0 Å². The quantitative estimate of drug-likeness (QED) is 0.935. The molecule has 0 spiro atoms. The first-order chi connectivity index (χ1) is 10.6. The summed E-state index contributed by atoms with van der Waals surface area (Å²) in [7, 11) is 0. The van der Waals surface area contributed by atoms with Crippen molar-refractivity contribution in [1.82, 2.24) is 24.9 Å². The Balaban J connectivity index is 1.92. The Hall–Kier alpha value is -2.44. The Morgan fingerprint density at radius 3 is 3.05 bits per heavy atom. The minimum atomic E-state index is -0.909. The Morgan fingerprint density at radius 1 is 1.50 bits per heavy atom. The number of nitrogens with zero attached hydrogens (tertiary/aromatic N) is 5. The van der Waals surface area contributed by atoms with E-state index in [1.807, 2.05) is 10.7 Å². The summed E-state index contributed by atoms with van der Waals surface area (Å²) in [6, 6.07) is 4.04. The van der Waals surface area contributed by atoms with Gasteiger partial charge in [-0.2, -0.15) is 0 Å². The fraction of sp³-hybridized carbons (Fsp3) is 0.467. The summed E-state index contributed by atoms with van der Waals surface area (Å²) in [4.78, 5) is 16.9. The topological polar surface area (TPSA) is 84.1 Å². The minimum absolute atomic E-state index is 0.0382. The van der Waals surface area contributed by atoms with Crippen LogP contribution < -0.4 is 0 Å². The minimum Gasteiger partial charge on any atom is -0.465 e. The molecule has 7 nitrogen and oxygen atoms in total. The molecule has 22 heavy (non-hydrogen) atoms. The van der Waals surface area contributed by atoms with Crippen LogP contribution in [0.15, 0.2) is 18.3 Å². The molecule has 1 atom stereocenters. The molecule has 116 valence electrons. The van der Waals surface area contributed by atoms with Gasteiger partial charge in [-0.05, 0) is 25.0 Å². The first kappa shape index (κ1) is 14.5. The fourth-order valence-electron chi connectivity index (χ4n) is 2.96. The standard InChI is InChI=1S/C15H19N5O2/c1-3-12-11(5-4-7-16-12)10(2)20-14-6-8-19(15(21)22)9-13(14)17-18-20/h4-5,7,10H,3,6,8-9H2,1-2H3,(H,21,22). The van der Waals surface area contributed by atoms with E-state index in [2.05, 4.69) is 35.2 Å². The second-order valence-electron chi connectivity index (χ2n) is 5.45. The van der Waals surface area contributed by atoms with Gasteiger partial charge < -0.3 is 10.0 Å². The van der Waals surface area contributed by atoms with Crippen molar-refractivity contribution >= 4 is 6.09 Å². The molecule has 2 aromatic rings. The van der Waals surface area contributed by atoms with Crippen LogP contribution in [0.3, 0.4) is 0 Å². The normalized spacial score (nSPS) is 15.5. The third-order valence-electron chi connectivity index (χ3n) is 4.18. The first-order valence-corrected chi connectivity index (χ1v) is 7.46. The van der Waals surface area contributed by atoms with Gasteiger partial charge in [-0.15, -0.1) is 5.10 Å². The Kier molecular flexibility index (Phi) is 3.79. The maximum absolute atomic E-state index is 11.1. The summed E-state index contributed by atoms with van der Waals surface area (Å²) in [5.74, 6) is 0. The van der Waals surface area contributed by atoms with E-state index >= 15 is 0 Å². The van der Waals surface area contributed by atoms with Crippen LogP contribution in [0, 0.1) is 0 Å². The van der Waals surface area contributed by atoms with Crippen molar-refractivity contribution in [2.24, 2.45) is 0 Å². The van der Waals surface area contributed by atoms with E-state index < -0.39 is 6.09 Å². The lowest BCUT2D eigenvalue weighted by molar-refractivity contribution is 0.138. The van der Waals surface area contributed by atoms with Crippen LogP contribution in [-0.2, 0) is 19.4 Å². The van der Waals surface area contributed by atoms with Crippen LogP contribution in [0.1, 0.15) is 42.5 Å². The van der Waals surface area contributed by atoms with E-state index in [1.165, 1.54) is 4.90 Å². The Labute approximate surface area is 128 Å². The molecule has 1 aliphatic rings. The van der Waals surface area contributed by atoms with Gasteiger partial charge in [0, 0.05) is 24.9 Å². The Bertz CT molecular complexity index is 697. The molecule has 1 amide bonds. The molecule has 2 aromatic heterocycles. The molecule has 1 aliphatic heterocycles. The number of amides is 1. The van der Waals surface area contributed by atoms with Crippen LogP contribution >= 0.6 is 0 Å². The third-order valence-corrected chi connectivity index (χ3v) is 4.18. The van der Waals surface area contributed by atoms with Gasteiger partial charge in [0.1, 0.15) is 5.69 Å². The summed E-state index contributed by atoms with van der Waals surface area (Å²) < 4.78 is 1.91. The molecule has 0 aromatic carbocycles. The third kappa shape index (κ3) is 2.43. The van der Waals surface area contributed by atoms with Gasteiger partial charge in [0.25, 0.3) is 0 Å². The number of aromatic nitrogens is 4. The van der Waals surface area contributed by atoms with Crippen molar-refractivity contribution in [2.45, 2.75) is 39.3 Å². The van der Waals surface area contributed by atoms with E-state index in [1.54, 1.807) is 6.20 Å². The van der Waals surface area contributed by atoms with Crippen LogP contribution in [0.2, 0.25) is 0 Å². The van der Waals surface area contributed by atoms with Gasteiger partial charge in [0.2, 0.25) is 0 Å². The molecule has 1 unspecified atom stereocenters. The molecule has 7 heteroatoms. The highest BCUT2D eigenvalue weighted by molar-refractivity contribution is 5.65. The molecule has 0 aliphatic carbocycles. The molecular formula is C15H19N5O2. The number of aryl methyl sites for hydroxylation is 1. The lowest BCUT2D eigenvalue weighted by atomic mass is 10.0. The predicted octanol–water partition coefficient (Wildman–Crippen LogP) is 1.88. The summed E-state index contributed by atoms with van der Waals surface area (Å²) in [5, 5.41) is 17.5. The average molecular weight is 301 g/mol. The monoisotopic (exact) mass is 301 g/mol. The number of pyridine rings is 1. The summed E-state index contributed by atoms with van der Waals surface area (Å²) in [5.41, 5.74) is 3.97. The van der Waals surface area contributed by atoms with Crippen molar-refractivity contribution in [2.75, 3.05) is 6.54 Å². The van der Waals surface area contributed by atoms with Crippen LogP contribution in [0.4, 0.5) is 4.79 Å². The van der Waals surface area contributed by atoms with E-state index in [4.69, 9.17) is 5.11 Å². The zero-order valence-electron chi connectivity index (χ0n) is 12.7. The highest BCUT2D eigenvalue weighted by Gasteiger charge is 2.27. The number of rotatable bonds is 3. The molecule has 3 rings (SSSR count). The first-order valence-electron chi connectivity index (χ1n) is 7.46. The number of fused-ring (bicyclic) bond motifs is 1. The molecule has 0 fully saturated rings. The maximum Gasteiger partial charge on any atom is 0.407 e. The van der Waals surface area contributed by atoms with Gasteiger partial charge in [0.05, 0.1) is 18.3 Å². The molecule has 0 radical (unpaired) electrons. The van der Waals surface area contributed by atoms with Gasteiger partial charge >= 0.3 is 6.09 Å². The molecule has 1 N–H and O–H groups in total. The number of hydrogen-bond donors (Lipinski definition) is 1. The number of carbonyl (C=O) groups is 1. The largest absolute Gasteiger partial charge is 0.465 e. The van der Waals surface area contributed by atoms with E-state index in [0.29, 0.717) is 19.5 Å². The molecule has 3 heterocycles. The summed E-state index contributed by atoms with van der Waals surface area (Å²) in [6.07, 6.45) is 2.40. The number of carboxylic acid groups (broad SMARTS) is 1. The predicted molar refractivity (Wildman–Crippen MR) is 79.6 cm³/mol. The van der Waals surface area contributed by atoms with Crippen molar-refractivity contribution in [1.29, 1.82) is 0 Å². The fourth-order valence-corrected chi connectivity index (χ4v) is 2.96. The van der Waals surface area contributed by atoms with Crippen LogP contribution in [0.25, 0.3) is 0 Å². The zero-order chi connectivity index (χ0) is 15.7. The molecule has 0 bridgehead atoms. The second-order valence-corrected chi connectivity index (χ2v) is 5.45. The molecule has 0 saturated heterocycles. The van der Waals surface area contributed by atoms with Crippen molar-refractivity contribution < 1.29 is 9.90 Å².